The zero-order valence-corrected chi connectivity index (χ0v) is 15.8. The predicted octanol–water partition coefficient (Wildman–Crippen LogP) is 3.18. The molecule has 3 aromatic rings. The molecule has 0 spiro atoms. The molecule has 1 aliphatic carbocycles. The first kappa shape index (κ1) is 17.5. The summed E-state index contributed by atoms with van der Waals surface area (Å²) in [6.45, 7) is 6.08. The Morgan fingerprint density at radius 3 is 2.78 bits per heavy atom. The average molecular weight is 364 g/mol. The number of aryl methyl sites for hydroxylation is 3. The van der Waals surface area contributed by atoms with Crippen molar-refractivity contribution in [3.8, 4) is 0 Å². The van der Waals surface area contributed by atoms with Crippen molar-refractivity contribution in [1.82, 2.24) is 20.3 Å². The van der Waals surface area contributed by atoms with E-state index in [1.165, 1.54) is 0 Å². The second kappa shape index (κ2) is 6.68. The van der Waals surface area contributed by atoms with Crippen molar-refractivity contribution in [3.63, 3.8) is 0 Å². The molecule has 1 aliphatic rings. The van der Waals surface area contributed by atoms with Gasteiger partial charge in [0.25, 0.3) is 11.5 Å². The first-order valence-corrected chi connectivity index (χ1v) is 9.44. The number of amides is 1. The number of hydrogen-bond donors (Lipinski definition) is 3. The standard InChI is InChI=1S/C21H24N4O2/c1-11(2)18(19-22-16-8-7-12(3)9-17(16)23-19)25-21(27)14-10-13-5-4-6-15(13)24-20(14)26/h7-11,18H,4-6H2,1-3H3,(H,22,23)(H,24,26)(H,25,27)/t18-/m1/s1. The smallest absolute Gasteiger partial charge is 0.261 e. The molecule has 1 amide bonds. The van der Waals surface area contributed by atoms with Crippen LogP contribution in [0.2, 0.25) is 0 Å². The molecule has 0 aliphatic heterocycles. The molecular weight excluding hydrogens is 340 g/mol. The maximum absolute atomic E-state index is 12.9. The highest BCUT2D eigenvalue weighted by molar-refractivity contribution is 5.94. The lowest BCUT2D eigenvalue weighted by Gasteiger charge is -2.20. The van der Waals surface area contributed by atoms with Gasteiger partial charge in [0.05, 0.1) is 17.1 Å². The molecule has 4 rings (SSSR count). The topological polar surface area (TPSA) is 90.6 Å². The summed E-state index contributed by atoms with van der Waals surface area (Å²) >= 11 is 0. The number of aromatic amines is 2. The number of nitrogens with zero attached hydrogens (tertiary/aromatic N) is 1. The Kier molecular flexibility index (Phi) is 4.34. The van der Waals surface area contributed by atoms with Gasteiger partial charge in [-0.3, -0.25) is 9.59 Å². The molecule has 0 radical (unpaired) electrons. The molecule has 2 aromatic heterocycles. The zero-order chi connectivity index (χ0) is 19.1. The van der Waals surface area contributed by atoms with Crippen molar-refractivity contribution in [3.05, 3.63) is 62.8 Å². The molecule has 0 saturated heterocycles. The number of imidazole rings is 1. The van der Waals surface area contributed by atoms with E-state index in [9.17, 15) is 9.59 Å². The minimum Gasteiger partial charge on any atom is -0.342 e. The van der Waals surface area contributed by atoms with Gasteiger partial charge in [-0.1, -0.05) is 19.9 Å². The van der Waals surface area contributed by atoms with Gasteiger partial charge in [0.2, 0.25) is 0 Å². The summed E-state index contributed by atoms with van der Waals surface area (Å²) in [7, 11) is 0. The van der Waals surface area contributed by atoms with Crippen molar-refractivity contribution in [2.24, 2.45) is 5.92 Å². The minimum atomic E-state index is -0.360. The van der Waals surface area contributed by atoms with Crippen molar-refractivity contribution in [2.45, 2.75) is 46.1 Å². The molecule has 3 N–H and O–H groups in total. The summed E-state index contributed by atoms with van der Waals surface area (Å²) in [5.74, 6) is 0.460. The number of H-pyrrole nitrogens is 2. The van der Waals surface area contributed by atoms with E-state index >= 15 is 0 Å². The van der Waals surface area contributed by atoms with Gasteiger partial charge in [-0.05, 0) is 61.4 Å². The fraction of sp³-hybridized carbons (Fsp3) is 0.381. The van der Waals surface area contributed by atoms with E-state index in [2.05, 4.69) is 20.3 Å². The quantitative estimate of drug-likeness (QED) is 0.664. The van der Waals surface area contributed by atoms with Gasteiger partial charge in [0.15, 0.2) is 0 Å². The van der Waals surface area contributed by atoms with Crippen LogP contribution in [0.15, 0.2) is 29.1 Å². The van der Waals surface area contributed by atoms with Crippen molar-refractivity contribution < 1.29 is 4.79 Å². The molecule has 27 heavy (non-hydrogen) atoms. The largest absolute Gasteiger partial charge is 0.342 e. The second-order valence-electron chi connectivity index (χ2n) is 7.71. The number of benzene rings is 1. The Bertz CT molecular complexity index is 1080. The summed E-state index contributed by atoms with van der Waals surface area (Å²) in [4.78, 5) is 36.0. The van der Waals surface area contributed by atoms with Crippen molar-refractivity contribution >= 4 is 16.9 Å². The number of rotatable bonds is 4. The van der Waals surface area contributed by atoms with E-state index in [0.29, 0.717) is 5.82 Å². The van der Waals surface area contributed by atoms with Crippen LogP contribution in [-0.4, -0.2) is 20.9 Å². The van der Waals surface area contributed by atoms with Crippen LogP contribution in [0.25, 0.3) is 11.0 Å². The number of fused-ring (bicyclic) bond motifs is 2. The van der Waals surface area contributed by atoms with Crippen LogP contribution in [-0.2, 0) is 12.8 Å². The lowest BCUT2D eigenvalue weighted by molar-refractivity contribution is 0.0921. The third-order valence-corrected chi connectivity index (χ3v) is 5.24. The molecule has 1 aromatic carbocycles. The van der Waals surface area contributed by atoms with Gasteiger partial charge >= 0.3 is 0 Å². The predicted molar refractivity (Wildman–Crippen MR) is 105 cm³/mol. The number of aromatic nitrogens is 3. The monoisotopic (exact) mass is 364 g/mol. The molecule has 140 valence electrons. The third kappa shape index (κ3) is 3.27. The van der Waals surface area contributed by atoms with Crippen LogP contribution in [0.1, 0.15) is 59.3 Å². The summed E-state index contributed by atoms with van der Waals surface area (Å²) in [6.07, 6.45) is 2.80. The van der Waals surface area contributed by atoms with Crippen LogP contribution in [0, 0.1) is 12.8 Å². The van der Waals surface area contributed by atoms with E-state index in [-0.39, 0.29) is 29.0 Å². The van der Waals surface area contributed by atoms with E-state index < -0.39 is 0 Å². The molecule has 0 bridgehead atoms. The first-order chi connectivity index (χ1) is 12.9. The second-order valence-corrected chi connectivity index (χ2v) is 7.71. The molecule has 0 saturated carbocycles. The molecule has 1 atom stereocenters. The number of hydrogen-bond acceptors (Lipinski definition) is 3. The highest BCUT2D eigenvalue weighted by Crippen LogP contribution is 2.24. The first-order valence-electron chi connectivity index (χ1n) is 9.44. The normalized spacial score (nSPS) is 14.5. The maximum Gasteiger partial charge on any atom is 0.261 e. The van der Waals surface area contributed by atoms with E-state index in [0.717, 1.165) is 47.1 Å². The van der Waals surface area contributed by atoms with Gasteiger partial charge in [-0.15, -0.1) is 0 Å². The van der Waals surface area contributed by atoms with Crippen LogP contribution in [0.3, 0.4) is 0 Å². The number of carbonyl (C=O) groups excluding carboxylic acids is 1. The maximum atomic E-state index is 12.9. The highest BCUT2D eigenvalue weighted by atomic mass is 16.2. The van der Waals surface area contributed by atoms with E-state index in [1.54, 1.807) is 6.07 Å². The summed E-state index contributed by atoms with van der Waals surface area (Å²) in [6, 6.07) is 7.46. The lowest BCUT2D eigenvalue weighted by atomic mass is 10.0. The lowest BCUT2D eigenvalue weighted by Crippen LogP contribution is -2.36. The van der Waals surface area contributed by atoms with Gasteiger partial charge in [-0.2, -0.15) is 0 Å². The van der Waals surface area contributed by atoms with Crippen LogP contribution < -0.4 is 10.9 Å². The van der Waals surface area contributed by atoms with Gasteiger partial charge in [0, 0.05) is 5.69 Å². The van der Waals surface area contributed by atoms with Gasteiger partial charge in [0.1, 0.15) is 11.4 Å². The SMILES string of the molecule is Cc1ccc2nc([C@H](NC(=O)c3cc4c([nH]c3=O)CCC4)C(C)C)[nH]c2c1. The van der Waals surface area contributed by atoms with Gasteiger partial charge < -0.3 is 15.3 Å². The fourth-order valence-electron chi connectivity index (χ4n) is 3.74. The Morgan fingerprint density at radius 2 is 2.00 bits per heavy atom. The third-order valence-electron chi connectivity index (χ3n) is 5.24. The van der Waals surface area contributed by atoms with Crippen molar-refractivity contribution in [1.29, 1.82) is 0 Å². The van der Waals surface area contributed by atoms with Crippen molar-refractivity contribution in [2.75, 3.05) is 0 Å². The summed E-state index contributed by atoms with van der Waals surface area (Å²) < 4.78 is 0. The molecule has 0 fully saturated rings. The van der Waals surface area contributed by atoms with Crippen LogP contribution in [0.4, 0.5) is 0 Å². The number of carbonyl (C=O) groups is 1. The Morgan fingerprint density at radius 1 is 1.19 bits per heavy atom. The molecule has 6 heteroatoms. The fourth-order valence-corrected chi connectivity index (χ4v) is 3.74. The molecular formula is C21H24N4O2. The summed E-state index contributed by atoms with van der Waals surface area (Å²) in [5, 5.41) is 3.00. The summed E-state index contributed by atoms with van der Waals surface area (Å²) in [5.41, 5.74) is 4.84. The van der Waals surface area contributed by atoms with Crippen LogP contribution >= 0.6 is 0 Å². The highest BCUT2D eigenvalue weighted by Gasteiger charge is 2.25. The Balaban J connectivity index is 1.65. The molecule has 6 nitrogen and oxygen atoms in total. The Labute approximate surface area is 157 Å². The van der Waals surface area contributed by atoms with Crippen LogP contribution in [0.5, 0.6) is 0 Å². The van der Waals surface area contributed by atoms with E-state index in [4.69, 9.17) is 0 Å². The molecule has 2 heterocycles. The number of nitrogens with one attached hydrogen (secondary N) is 3. The number of pyridine rings is 1. The minimum absolute atomic E-state index is 0.115. The van der Waals surface area contributed by atoms with E-state index in [1.807, 2.05) is 39.0 Å². The average Bonchev–Trinajstić information content (AvgIpc) is 3.23. The zero-order valence-electron chi connectivity index (χ0n) is 15.8. The molecule has 0 unspecified atom stereocenters. The Hall–Kier alpha value is -2.89. The van der Waals surface area contributed by atoms with Gasteiger partial charge in [-0.25, -0.2) is 4.98 Å².